The summed E-state index contributed by atoms with van der Waals surface area (Å²) >= 11 is 6.03. The number of rotatable bonds is 5. The minimum absolute atomic E-state index is 0.129. The highest BCUT2D eigenvalue weighted by molar-refractivity contribution is 6.31. The van der Waals surface area contributed by atoms with Crippen LogP contribution in [0, 0.1) is 0 Å². The van der Waals surface area contributed by atoms with Crippen molar-refractivity contribution in [2.24, 2.45) is 0 Å². The van der Waals surface area contributed by atoms with Gasteiger partial charge in [0.25, 0.3) is 0 Å². The molecule has 2 heterocycles. The Morgan fingerprint density at radius 1 is 1.07 bits per heavy atom. The van der Waals surface area contributed by atoms with Crippen LogP contribution in [0.3, 0.4) is 0 Å². The molecular weight excluding hydrogens is 364 g/mol. The van der Waals surface area contributed by atoms with Gasteiger partial charge in [0.05, 0.1) is 17.2 Å². The highest BCUT2D eigenvalue weighted by atomic mass is 35.5. The summed E-state index contributed by atoms with van der Waals surface area (Å²) in [7, 11) is 0. The Morgan fingerprint density at radius 2 is 1.93 bits per heavy atom. The van der Waals surface area contributed by atoms with Crippen LogP contribution < -0.4 is 10.2 Å². The van der Waals surface area contributed by atoms with Gasteiger partial charge in [0.2, 0.25) is 11.2 Å². The molecule has 0 radical (unpaired) electrons. The minimum atomic E-state index is -0.275. The molecule has 5 heteroatoms. The minimum Gasteiger partial charge on any atom is -0.482 e. The van der Waals surface area contributed by atoms with Crippen LogP contribution in [0.4, 0.5) is 0 Å². The molecule has 4 rings (SSSR count). The van der Waals surface area contributed by atoms with Crippen LogP contribution in [0.15, 0.2) is 86.8 Å². The largest absolute Gasteiger partial charge is 0.482 e. The van der Waals surface area contributed by atoms with Crippen molar-refractivity contribution >= 4 is 28.6 Å². The SMILES string of the molecule is O=c1c(OC/C=C\c2ccccc2)c(-c2ccoc2)oc2ccc(Cl)cc12. The second-order valence-corrected chi connectivity index (χ2v) is 6.30. The van der Waals surface area contributed by atoms with Gasteiger partial charge < -0.3 is 13.6 Å². The summed E-state index contributed by atoms with van der Waals surface area (Å²) in [6.45, 7) is 0.219. The van der Waals surface area contributed by atoms with E-state index in [9.17, 15) is 4.79 Å². The lowest BCUT2D eigenvalue weighted by molar-refractivity contribution is 0.352. The average Bonchev–Trinajstić information content (AvgIpc) is 3.22. The highest BCUT2D eigenvalue weighted by Crippen LogP contribution is 2.32. The van der Waals surface area contributed by atoms with E-state index in [0.717, 1.165) is 5.56 Å². The molecule has 4 aromatic rings. The van der Waals surface area contributed by atoms with Crippen LogP contribution in [-0.2, 0) is 0 Å². The highest BCUT2D eigenvalue weighted by Gasteiger charge is 2.18. The molecule has 134 valence electrons. The van der Waals surface area contributed by atoms with Crippen LogP contribution in [0.1, 0.15) is 5.56 Å². The third kappa shape index (κ3) is 3.66. The Hall–Kier alpha value is -3.24. The van der Waals surface area contributed by atoms with Gasteiger partial charge >= 0.3 is 0 Å². The molecule has 4 nitrogen and oxygen atoms in total. The molecule has 0 spiro atoms. The van der Waals surface area contributed by atoms with Crippen molar-refractivity contribution in [3.63, 3.8) is 0 Å². The zero-order valence-corrected chi connectivity index (χ0v) is 15.0. The number of furan rings is 1. The molecular formula is C22H15ClO4. The van der Waals surface area contributed by atoms with E-state index >= 15 is 0 Å². The number of hydrogen-bond acceptors (Lipinski definition) is 4. The van der Waals surface area contributed by atoms with Crippen LogP contribution in [0.25, 0.3) is 28.4 Å². The molecule has 27 heavy (non-hydrogen) atoms. The predicted molar refractivity (Wildman–Crippen MR) is 106 cm³/mol. The van der Waals surface area contributed by atoms with E-state index < -0.39 is 0 Å². The van der Waals surface area contributed by atoms with Crippen LogP contribution in [-0.4, -0.2) is 6.61 Å². The molecule has 0 amide bonds. The Balaban J connectivity index is 1.71. The molecule has 2 aromatic heterocycles. The van der Waals surface area contributed by atoms with E-state index in [-0.39, 0.29) is 17.8 Å². The Kier molecular flexibility index (Phi) is 4.81. The number of halogens is 1. The molecule has 0 aliphatic heterocycles. The van der Waals surface area contributed by atoms with E-state index in [4.69, 9.17) is 25.2 Å². The molecule has 0 aliphatic rings. The molecule has 2 aromatic carbocycles. The van der Waals surface area contributed by atoms with Crippen molar-refractivity contribution in [2.75, 3.05) is 6.61 Å². The Bertz CT molecular complexity index is 1140. The van der Waals surface area contributed by atoms with Crippen LogP contribution >= 0.6 is 11.6 Å². The van der Waals surface area contributed by atoms with Gasteiger partial charge in [0.15, 0.2) is 5.76 Å². The van der Waals surface area contributed by atoms with Crippen molar-refractivity contribution in [3.8, 4) is 17.1 Å². The van der Waals surface area contributed by atoms with Crippen molar-refractivity contribution < 1.29 is 13.6 Å². The van der Waals surface area contributed by atoms with Gasteiger partial charge in [-0.15, -0.1) is 0 Å². The maximum Gasteiger partial charge on any atom is 0.235 e. The monoisotopic (exact) mass is 378 g/mol. The molecule has 0 unspecified atom stereocenters. The molecule has 0 N–H and O–H groups in total. The van der Waals surface area contributed by atoms with E-state index in [1.807, 2.05) is 42.5 Å². The third-order valence-electron chi connectivity index (χ3n) is 4.03. The second kappa shape index (κ2) is 7.56. The molecule has 0 fully saturated rings. The van der Waals surface area contributed by atoms with Gasteiger partial charge in [-0.3, -0.25) is 4.79 Å². The standard InChI is InChI=1S/C22H15ClO4/c23-17-8-9-19-18(13-17)20(24)22(21(27-19)16-10-12-25-14-16)26-11-4-7-15-5-2-1-3-6-15/h1-10,12-14H,11H2/b7-4-. The van der Waals surface area contributed by atoms with Crippen LogP contribution in [0.5, 0.6) is 5.75 Å². The normalized spacial score (nSPS) is 11.3. The van der Waals surface area contributed by atoms with E-state index in [0.29, 0.717) is 27.3 Å². The summed E-state index contributed by atoms with van der Waals surface area (Å²) in [5, 5.41) is 0.831. The first-order valence-corrected chi connectivity index (χ1v) is 8.73. The fraction of sp³-hybridized carbons (Fsp3) is 0.0455. The second-order valence-electron chi connectivity index (χ2n) is 5.87. The van der Waals surface area contributed by atoms with Gasteiger partial charge in [-0.05, 0) is 35.9 Å². The van der Waals surface area contributed by atoms with E-state index in [1.165, 1.54) is 12.5 Å². The van der Waals surface area contributed by atoms with Gasteiger partial charge in [0.1, 0.15) is 18.5 Å². The fourth-order valence-electron chi connectivity index (χ4n) is 2.74. The Morgan fingerprint density at radius 3 is 2.70 bits per heavy atom. The van der Waals surface area contributed by atoms with Gasteiger partial charge in [-0.25, -0.2) is 0 Å². The van der Waals surface area contributed by atoms with Crippen molar-refractivity contribution in [1.82, 2.24) is 0 Å². The fourth-order valence-corrected chi connectivity index (χ4v) is 2.92. The topological polar surface area (TPSA) is 52.6 Å². The quantitative estimate of drug-likeness (QED) is 0.440. The first-order valence-electron chi connectivity index (χ1n) is 8.36. The lowest BCUT2D eigenvalue weighted by atomic mass is 10.1. The molecule has 0 saturated carbocycles. The third-order valence-corrected chi connectivity index (χ3v) is 4.26. The van der Waals surface area contributed by atoms with Crippen LogP contribution in [0.2, 0.25) is 5.02 Å². The predicted octanol–water partition coefficient (Wildman–Crippen LogP) is 5.80. The maximum absolute atomic E-state index is 13.0. The first-order chi connectivity index (χ1) is 13.2. The number of ether oxygens (including phenoxy) is 1. The van der Waals surface area contributed by atoms with Gasteiger partial charge in [-0.2, -0.15) is 0 Å². The summed E-state index contributed by atoms with van der Waals surface area (Å²) < 4.78 is 16.8. The average molecular weight is 379 g/mol. The Labute approximate surface area is 160 Å². The van der Waals surface area contributed by atoms with Gasteiger partial charge in [0, 0.05) is 5.02 Å². The summed E-state index contributed by atoms with van der Waals surface area (Å²) in [6.07, 6.45) is 6.79. The molecule has 0 bridgehead atoms. The zero-order valence-electron chi connectivity index (χ0n) is 14.2. The van der Waals surface area contributed by atoms with Crippen molar-refractivity contribution in [2.45, 2.75) is 0 Å². The summed E-state index contributed by atoms with van der Waals surface area (Å²) in [6, 6.07) is 16.5. The molecule has 0 aliphatic carbocycles. The number of benzene rings is 2. The van der Waals surface area contributed by atoms with Crippen molar-refractivity contribution in [1.29, 1.82) is 0 Å². The molecule has 0 atom stereocenters. The van der Waals surface area contributed by atoms with E-state index in [2.05, 4.69) is 0 Å². The summed E-state index contributed by atoms with van der Waals surface area (Å²) in [5.41, 5.74) is 1.84. The summed E-state index contributed by atoms with van der Waals surface area (Å²) in [4.78, 5) is 13.0. The lowest BCUT2D eigenvalue weighted by Crippen LogP contribution is -2.10. The number of fused-ring (bicyclic) bond motifs is 1. The molecule has 0 saturated heterocycles. The van der Waals surface area contributed by atoms with Crippen molar-refractivity contribution in [3.05, 3.63) is 94.0 Å². The first kappa shape index (κ1) is 17.2. The maximum atomic E-state index is 13.0. The number of hydrogen-bond donors (Lipinski definition) is 0. The summed E-state index contributed by atoms with van der Waals surface area (Å²) in [5.74, 6) is 0.459. The zero-order chi connectivity index (χ0) is 18.6. The smallest absolute Gasteiger partial charge is 0.235 e. The van der Waals surface area contributed by atoms with E-state index in [1.54, 1.807) is 24.3 Å². The lowest BCUT2D eigenvalue weighted by Gasteiger charge is -2.09. The van der Waals surface area contributed by atoms with Gasteiger partial charge in [-0.1, -0.05) is 48.0 Å².